The summed E-state index contributed by atoms with van der Waals surface area (Å²) >= 11 is 0. The van der Waals surface area contributed by atoms with Gasteiger partial charge in [0.2, 0.25) is 15.9 Å². The molecule has 36 heavy (non-hydrogen) atoms. The van der Waals surface area contributed by atoms with Crippen LogP contribution in [0, 0.1) is 0 Å². The Bertz CT molecular complexity index is 1590. The number of ether oxygens (including phenoxy) is 3. The summed E-state index contributed by atoms with van der Waals surface area (Å²) in [6, 6.07) is 9.59. The van der Waals surface area contributed by atoms with Crippen molar-refractivity contribution in [3.8, 4) is 28.8 Å². The lowest BCUT2D eigenvalue weighted by Gasteiger charge is -2.16. The molecule has 0 saturated heterocycles. The smallest absolute Gasteiger partial charge is 0.319 e. The van der Waals surface area contributed by atoms with Gasteiger partial charge >= 0.3 is 6.01 Å². The van der Waals surface area contributed by atoms with Crippen molar-refractivity contribution in [1.82, 2.24) is 15.0 Å². The van der Waals surface area contributed by atoms with E-state index in [1.165, 1.54) is 39.7 Å². The summed E-state index contributed by atoms with van der Waals surface area (Å²) in [4.78, 5) is 24.7. The number of nitrogens with zero attached hydrogens (tertiary/aromatic N) is 3. The second-order valence-electron chi connectivity index (χ2n) is 7.49. The van der Waals surface area contributed by atoms with Crippen LogP contribution in [0.1, 0.15) is 10.4 Å². The van der Waals surface area contributed by atoms with Gasteiger partial charge in [0.25, 0.3) is 5.91 Å². The number of aromatic nitrogens is 3. The number of sulfonamides is 1. The lowest BCUT2D eigenvalue weighted by Crippen LogP contribution is -2.15. The number of fused-ring (bicyclic) bond motifs is 1. The first-order valence-corrected chi connectivity index (χ1v) is 11.9. The number of primary sulfonamides is 1. The quantitative estimate of drug-likeness (QED) is 0.318. The van der Waals surface area contributed by atoms with Crippen LogP contribution < -0.4 is 30.4 Å². The van der Waals surface area contributed by atoms with Crippen molar-refractivity contribution in [3.05, 3.63) is 54.4 Å². The Morgan fingerprint density at radius 2 is 1.75 bits per heavy atom. The van der Waals surface area contributed by atoms with Gasteiger partial charge < -0.3 is 25.3 Å². The first-order chi connectivity index (χ1) is 17.1. The van der Waals surface area contributed by atoms with Crippen LogP contribution in [0.4, 0.5) is 11.4 Å². The van der Waals surface area contributed by atoms with Crippen LogP contribution in [0.2, 0.25) is 0 Å². The number of nitrogens with one attached hydrogen (secondary N) is 1. The third-order valence-electron chi connectivity index (χ3n) is 5.27. The molecule has 4 aromatic rings. The number of amides is 1. The fraction of sp³-hybridized carbons (Fsp3) is 0.130. The van der Waals surface area contributed by atoms with Gasteiger partial charge in [-0.2, -0.15) is 4.98 Å². The minimum absolute atomic E-state index is 0.0978. The van der Waals surface area contributed by atoms with Gasteiger partial charge in [-0.3, -0.25) is 9.78 Å². The van der Waals surface area contributed by atoms with E-state index in [9.17, 15) is 13.2 Å². The first-order valence-electron chi connectivity index (χ1n) is 10.3. The molecular formula is C23H22N6O6S. The molecule has 0 atom stereocenters. The molecule has 0 radical (unpaired) electrons. The zero-order valence-corrected chi connectivity index (χ0v) is 20.3. The van der Waals surface area contributed by atoms with E-state index in [2.05, 4.69) is 20.3 Å². The SMILES string of the molecule is COc1cc(Nc2c(C(N)=O)cnc3cc(-c4cnc(OC)nc4OC)ccc23)cc(S(N)(=O)=O)c1. The van der Waals surface area contributed by atoms with Crippen LogP contribution in [-0.2, 0) is 10.0 Å². The van der Waals surface area contributed by atoms with Crippen molar-refractivity contribution in [1.29, 1.82) is 0 Å². The molecule has 2 aromatic heterocycles. The summed E-state index contributed by atoms with van der Waals surface area (Å²) in [5, 5.41) is 8.92. The zero-order chi connectivity index (χ0) is 26.0. The topological polar surface area (TPSA) is 182 Å². The predicted molar refractivity (Wildman–Crippen MR) is 132 cm³/mol. The normalized spacial score (nSPS) is 11.2. The standard InChI is InChI=1S/C23H22N6O6S/c1-33-14-7-13(8-15(9-14)36(25,31)32)28-20-16-5-4-12(6-19(16)26-11-18(20)21(24)30)17-10-27-23(35-3)29-22(17)34-2/h4-11H,1-3H3,(H2,24,30)(H,26,28)(H2,25,31,32). The number of carbonyl (C=O) groups is 1. The monoisotopic (exact) mass is 510 g/mol. The van der Waals surface area contributed by atoms with Crippen LogP contribution in [-0.4, -0.2) is 50.6 Å². The van der Waals surface area contributed by atoms with Crippen LogP contribution in [0.25, 0.3) is 22.0 Å². The van der Waals surface area contributed by atoms with Crippen LogP contribution in [0.3, 0.4) is 0 Å². The van der Waals surface area contributed by atoms with E-state index in [-0.39, 0.29) is 22.2 Å². The molecule has 0 aliphatic carbocycles. The molecular weight excluding hydrogens is 488 g/mol. The summed E-state index contributed by atoms with van der Waals surface area (Å²) in [7, 11) is 0.300. The van der Waals surface area contributed by atoms with Gasteiger partial charge in [-0.15, -0.1) is 0 Å². The Morgan fingerprint density at radius 3 is 2.39 bits per heavy atom. The number of methoxy groups -OCH3 is 3. The van der Waals surface area contributed by atoms with Crippen LogP contribution in [0.5, 0.6) is 17.6 Å². The average molecular weight is 511 g/mol. The molecule has 12 nitrogen and oxygen atoms in total. The minimum Gasteiger partial charge on any atom is -0.497 e. The summed E-state index contributed by atoms with van der Waals surface area (Å²) in [5.74, 6) is -0.173. The Morgan fingerprint density at radius 1 is 0.972 bits per heavy atom. The van der Waals surface area contributed by atoms with Crippen molar-refractivity contribution in [3.63, 3.8) is 0 Å². The molecule has 1 amide bonds. The van der Waals surface area contributed by atoms with E-state index in [0.29, 0.717) is 39.3 Å². The molecule has 186 valence electrons. The Kier molecular flexibility index (Phi) is 6.59. The van der Waals surface area contributed by atoms with Crippen molar-refractivity contribution in [2.45, 2.75) is 4.90 Å². The van der Waals surface area contributed by atoms with Gasteiger partial charge in [-0.05, 0) is 17.7 Å². The summed E-state index contributed by atoms with van der Waals surface area (Å²) < 4.78 is 39.5. The Hall–Kier alpha value is -4.49. The van der Waals surface area contributed by atoms with Crippen molar-refractivity contribution in [2.24, 2.45) is 10.9 Å². The average Bonchev–Trinajstić information content (AvgIpc) is 2.87. The number of carbonyl (C=O) groups excluding carboxylic acids is 1. The largest absolute Gasteiger partial charge is 0.497 e. The van der Waals surface area contributed by atoms with Gasteiger partial charge in [0.1, 0.15) is 5.75 Å². The minimum atomic E-state index is -4.02. The van der Waals surface area contributed by atoms with Gasteiger partial charge in [-0.25, -0.2) is 18.5 Å². The molecule has 0 unspecified atom stereocenters. The maximum Gasteiger partial charge on any atom is 0.319 e. The zero-order valence-electron chi connectivity index (χ0n) is 19.5. The molecule has 0 spiro atoms. The van der Waals surface area contributed by atoms with E-state index in [4.69, 9.17) is 25.1 Å². The van der Waals surface area contributed by atoms with E-state index in [0.717, 1.165) is 0 Å². The first kappa shape index (κ1) is 24.6. The third kappa shape index (κ3) is 4.82. The molecule has 0 fully saturated rings. The second kappa shape index (κ2) is 9.64. The summed E-state index contributed by atoms with van der Waals surface area (Å²) in [6.45, 7) is 0. The molecule has 4 rings (SSSR count). The highest BCUT2D eigenvalue weighted by Crippen LogP contribution is 2.35. The van der Waals surface area contributed by atoms with Gasteiger partial charge in [0.05, 0.1) is 48.6 Å². The summed E-state index contributed by atoms with van der Waals surface area (Å²) in [5.41, 5.74) is 8.13. The Labute approximate surface area is 206 Å². The van der Waals surface area contributed by atoms with Gasteiger partial charge in [0.15, 0.2) is 0 Å². The van der Waals surface area contributed by atoms with Crippen molar-refractivity contribution >= 4 is 38.2 Å². The number of benzene rings is 2. The van der Waals surface area contributed by atoms with E-state index in [1.54, 1.807) is 30.5 Å². The van der Waals surface area contributed by atoms with E-state index >= 15 is 0 Å². The fourth-order valence-electron chi connectivity index (χ4n) is 3.56. The van der Waals surface area contributed by atoms with Crippen LogP contribution in [0.15, 0.2) is 53.7 Å². The highest BCUT2D eigenvalue weighted by Gasteiger charge is 2.18. The van der Waals surface area contributed by atoms with Crippen molar-refractivity contribution in [2.75, 3.05) is 26.6 Å². The Balaban J connectivity index is 1.87. The molecule has 0 bridgehead atoms. The number of anilines is 2. The van der Waals surface area contributed by atoms with Gasteiger partial charge in [-0.1, -0.05) is 12.1 Å². The number of pyridine rings is 1. The van der Waals surface area contributed by atoms with E-state index in [1.807, 2.05) is 0 Å². The molecule has 0 saturated carbocycles. The molecule has 0 aliphatic heterocycles. The lowest BCUT2D eigenvalue weighted by atomic mass is 10.0. The molecule has 13 heteroatoms. The molecule has 2 aromatic carbocycles. The number of rotatable bonds is 8. The highest BCUT2D eigenvalue weighted by atomic mass is 32.2. The maximum absolute atomic E-state index is 12.2. The number of nitrogens with two attached hydrogens (primary N) is 2. The second-order valence-corrected chi connectivity index (χ2v) is 9.05. The predicted octanol–water partition coefficient (Wildman–Crippen LogP) is 2.21. The van der Waals surface area contributed by atoms with Gasteiger partial charge in [0, 0.05) is 35.6 Å². The highest BCUT2D eigenvalue weighted by molar-refractivity contribution is 7.89. The lowest BCUT2D eigenvalue weighted by molar-refractivity contribution is 0.100. The fourth-order valence-corrected chi connectivity index (χ4v) is 4.13. The molecule has 0 aliphatic rings. The summed E-state index contributed by atoms with van der Waals surface area (Å²) in [6.07, 6.45) is 2.90. The van der Waals surface area contributed by atoms with Crippen molar-refractivity contribution < 1.29 is 27.4 Å². The van der Waals surface area contributed by atoms with E-state index < -0.39 is 15.9 Å². The molecule has 5 N–H and O–H groups in total. The molecule has 2 heterocycles. The van der Waals surface area contributed by atoms with Crippen LogP contribution >= 0.6 is 0 Å². The number of hydrogen-bond acceptors (Lipinski definition) is 10. The number of hydrogen-bond donors (Lipinski definition) is 3. The maximum atomic E-state index is 12.2. The number of primary amides is 1. The third-order valence-corrected chi connectivity index (χ3v) is 6.16.